The normalized spacial score (nSPS) is 18.1. The minimum absolute atomic E-state index is 0.135. The van der Waals surface area contributed by atoms with E-state index in [9.17, 15) is 9.18 Å². The third kappa shape index (κ3) is 1.87. The van der Waals surface area contributed by atoms with Gasteiger partial charge in [0.15, 0.2) is 11.6 Å². The van der Waals surface area contributed by atoms with Crippen molar-refractivity contribution in [1.82, 2.24) is 0 Å². The number of hydrogen-bond donors (Lipinski definition) is 1. The van der Waals surface area contributed by atoms with Crippen LogP contribution in [-0.2, 0) is 4.79 Å². The molecule has 1 aromatic carbocycles. The van der Waals surface area contributed by atoms with E-state index in [0.717, 1.165) is 0 Å². The van der Waals surface area contributed by atoms with Crippen LogP contribution in [0.5, 0.6) is 5.75 Å². The second-order valence-corrected chi connectivity index (χ2v) is 4.66. The number of fused-ring (bicyclic) bond motifs is 1. The van der Waals surface area contributed by atoms with Gasteiger partial charge in [-0.15, -0.1) is 0 Å². The lowest BCUT2D eigenvalue weighted by Gasteiger charge is -2.23. The molecule has 0 saturated carbocycles. The maximum atomic E-state index is 13.9. The zero-order valence-corrected chi connectivity index (χ0v) is 9.56. The molecule has 0 fully saturated rings. The van der Waals surface area contributed by atoms with Crippen LogP contribution in [0.25, 0.3) is 0 Å². The number of aryl methyl sites for hydroxylation is 1. The lowest BCUT2D eigenvalue weighted by molar-refractivity contribution is -0.118. The summed E-state index contributed by atoms with van der Waals surface area (Å²) >= 11 is 0. The van der Waals surface area contributed by atoms with Crippen LogP contribution in [0.1, 0.15) is 25.8 Å². The molecule has 2 rings (SSSR count). The fourth-order valence-corrected chi connectivity index (χ4v) is 1.75. The highest BCUT2D eigenvalue weighted by atomic mass is 19.1. The topological polar surface area (TPSA) is 38.3 Å². The first-order valence-electron chi connectivity index (χ1n) is 5.17. The molecule has 0 aromatic heterocycles. The molecular formula is C12H14FNO2. The molecule has 1 aliphatic heterocycles. The Morgan fingerprint density at radius 1 is 1.44 bits per heavy atom. The monoisotopic (exact) mass is 223 g/mol. The standard InChI is InChI=1S/C12H14FNO2/c1-7-4-5-8-11(10(7)13)16-12(2,3)6-9(15)14-8/h4-5H,6H2,1-3H3,(H,14,15). The molecule has 0 unspecified atom stereocenters. The Hall–Kier alpha value is -1.58. The van der Waals surface area contributed by atoms with Gasteiger partial charge < -0.3 is 10.1 Å². The molecule has 3 nitrogen and oxygen atoms in total. The number of hydrogen-bond acceptors (Lipinski definition) is 2. The summed E-state index contributed by atoms with van der Waals surface area (Å²) in [6.45, 7) is 5.20. The number of benzene rings is 1. The first-order chi connectivity index (χ1) is 7.39. The van der Waals surface area contributed by atoms with E-state index >= 15 is 0 Å². The van der Waals surface area contributed by atoms with Crippen LogP contribution in [0, 0.1) is 12.7 Å². The number of rotatable bonds is 0. The minimum atomic E-state index is -0.691. The molecule has 1 aliphatic rings. The van der Waals surface area contributed by atoms with Gasteiger partial charge in [0.05, 0.1) is 12.1 Å². The van der Waals surface area contributed by atoms with E-state index in [4.69, 9.17) is 4.74 Å². The third-order valence-corrected chi connectivity index (χ3v) is 2.53. The molecule has 0 bridgehead atoms. The Balaban J connectivity index is 2.55. The number of halogens is 1. The van der Waals surface area contributed by atoms with E-state index in [0.29, 0.717) is 11.3 Å². The summed E-state index contributed by atoms with van der Waals surface area (Å²) in [6, 6.07) is 3.28. The molecule has 0 aliphatic carbocycles. The van der Waals surface area contributed by atoms with Gasteiger partial charge in [0.2, 0.25) is 5.91 Å². The first-order valence-corrected chi connectivity index (χ1v) is 5.17. The van der Waals surface area contributed by atoms with Gasteiger partial charge >= 0.3 is 0 Å². The van der Waals surface area contributed by atoms with Gasteiger partial charge in [-0.25, -0.2) is 4.39 Å². The average Bonchev–Trinajstić information content (AvgIpc) is 2.27. The second kappa shape index (κ2) is 3.47. The number of carbonyl (C=O) groups is 1. The molecule has 4 heteroatoms. The quantitative estimate of drug-likeness (QED) is 0.734. The molecule has 1 aromatic rings. The molecule has 1 heterocycles. The van der Waals surface area contributed by atoms with Crippen LogP contribution in [0.4, 0.5) is 10.1 Å². The van der Waals surface area contributed by atoms with Crippen molar-refractivity contribution in [1.29, 1.82) is 0 Å². The van der Waals surface area contributed by atoms with Crippen LogP contribution in [0.3, 0.4) is 0 Å². The maximum Gasteiger partial charge on any atom is 0.228 e. The summed E-state index contributed by atoms with van der Waals surface area (Å²) in [5.41, 5.74) is 0.216. The SMILES string of the molecule is Cc1ccc2c(c1F)OC(C)(C)CC(=O)N2. The summed E-state index contributed by atoms with van der Waals surface area (Å²) < 4.78 is 19.4. The van der Waals surface area contributed by atoms with Crippen molar-refractivity contribution in [2.45, 2.75) is 32.8 Å². The Morgan fingerprint density at radius 3 is 2.81 bits per heavy atom. The van der Waals surface area contributed by atoms with Crippen LogP contribution < -0.4 is 10.1 Å². The molecular weight excluding hydrogens is 209 g/mol. The zero-order chi connectivity index (χ0) is 11.9. The third-order valence-electron chi connectivity index (χ3n) is 2.53. The molecule has 1 N–H and O–H groups in total. The second-order valence-electron chi connectivity index (χ2n) is 4.66. The smallest absolute Gasteiger partial charge is 0.228 e. The van der Waals surface area contributed by atoms with Gasteiger partial charge in [0.1, 0.15) is 5.60 Å². The fourth-order valence-electron chi connectivity index (χ4n) is 1.75. The highest BCUT2D eigenvalue weighted by Gasteiger charge is 2.31. The van der Waals surface area contributed by atoms with Gasteiger partial charge in [0, 0.05) is 0 Å². The first kappa shape index (κ1) is 10.9. The predicted molar refractivity (Wildman–Crippen MR) is 59.1 cm³/mol. The van der Waals surface area contributed by atoms with Crippen molar-refractivity contribution in [3.63, 3.8) is 0 Å². The number of amides is 1. The van der Waals surface area contributed by atoms with Crippen molar-refractivity contribution >= 4 is 11.6 Å². The molecule has 1 amide bonds. The Morgan fingerprint density at radius 2 is 2.12 bits per heavy atom. The van der Waals surface area contributed by atoms with Crippen LogP contribution in [-0.4, -0.2) is 11.5 Å². The summed E-state index contributed by atoms with van der Waals surface area (Å²) in [7, 11) is 0. The van der Waals surface area contributed by atoms with Crippen LogP contribution in [0.2, 0.25) is 0 Å². The van der Waals surface area contributed by atoms with Gasteiger partial charge in [-0.05, 0) is 32.4 Å². The van der Waals surface area contributed by atoms with Crippen molar-refractivity contribution < 1.29 is 13.9 Å². The molecule has 86 valence electrons. The number of nitrogens with one attached hydrogen (secondary N) is 1. The largest absolute Gasteiger partial charge is 0.482 e. The van der Waals surface area contributed by atoms with Crippen molar-refractivity contribution in [3.05, 3.63) is 23.5 Å². The molecule has 0 radical (unpaired) electrons. The van der Waals surface area contributed by atoms with Crippen LogP contribution >= 0.6 is 0 Å². The van der Waals surface area contributed by atoms with Crippen molar-refractivity contribution in [2.75, 3.05) is 5.32 Å². The van der Waals surface area contributed by atoms with E-state index in [1.807, 2.05) is 0 Å². The number of carbonyl (C=O) groups excluding carboxylic acids is 1. The fraction of sp³-hybridized carbons (Fsp3) is 0.417. The Bertz CT molecular complexity index is 455. The Labute approximate surface area is 93.6 Å². The molecule has 0 atom stereocenters. The minimum Gasteiger partial charge on any atom is -0.482 e. The summed E-state index contributed by atoms with van der Waals surface area (Å²) in [6.07, 6.45) is 0.208. The van der Waals surface area contributed by atoms with Crippen LogP contribution in [0.15, 0.2) is 12.1 Å². The summed E-state index contributed by atoms with van der Waals surface area (Å²) in [5, 5.41) is 2.64. The molecule has 16 heavy (non-hydrogen) atoms. The number of anilines is 1. The van der Waals surface area contributed by atoms with E-state index in [-0.39, 0.29) is 18.1 Å². The van der Waals surface area contributed by atoms with Gasteiger partial charge in [-0.2, -0.15) is 0 Å². The lowest BCUT2D eigenvalue weighted by Crippen LogP contribution is -2.31. The molecule has 0 spiro atoms. The highest BCUT2D eigenvalue weighted by molar-refractivity contribution is 5.93. The van der Waals surface area contributed by atoms with E-state index in [1.54, 1.807) is 32.9 Å². The van der Waals surface area contributed by atoms with E-state index in [1.165, 1.54) is 0 Å². The van der Waals surface area contributed by atoms with Gasteiger partial charge in [-0.3, -0.25) is 4.79 Å². The summed E-state index contributed by atoms with van der Waals surface area (Å²) in [4.78, 5) is 11.5. The van der Waals surface area contributed by atoms with Crippen molar-refractivity contribution in [3.8, 4) is 5.75 Å². The number of ether oxygens (including phenoxy) is 1. The molecule has 0 saturated heterocycles. The van der Waals surface area contributed by atoms with Gasteiger partial charge in [0.25, 0.3) is 0 Å². The maximum absolute atomic E-state index is 13.9. The summed E-state index contributed by atoms with van der Waals surface area (Å²) in [5.74, 6) is -0.435. The zero-order valence-electron chi connectivity index (χ0n) is 9.56. The van der Waals surface area contributed by atoms with Gasteiger partial charge in [-0.1, -0.05) is 6.07 Å². The predicted octanol–water partition coefficient (Wildman–Crippen LogP) is 2.63. The Kier molecular flexibility index (Phi) is 2.37. The lowest BCUT2D eigenvalue weighted by atomic mass is 10.1. The van der Waals surface area contributed by atoms with E-state index in [2.05, 4.69) is 5.32 Å². The van der Waals surface area contributed by atoms with E-state index < -0.39 is 11.4 Å². The van der Waals surface area contributed by atoms with Crippen molar-refractivity contribution in [2.24, 2.45) is 0 Å². The highest BCUT2D eigenvalue weighted by Crippen LogP contribution is 2.36. The average molecular weight is 223 g/mol.